The Morgan fingerprint density at radius 2 is 2.00 bits per heavy atom. The molecule has 1 spiro atoms. The molecule has 2 saturated heterocycles. The van der Waals surface area contributed by atoms with E-state index in [9.17, 15) is 9.59 Å². The van der Waals surface area contributed by atoms with Crippen LogP contribution in [0.5, 0.6) is 0 Å². The van der Waals surface area contributed by atoms with Crippen LogP contribution in [0, 0.1) is 5.92 Å². The van der Waals surface area contributed by atoms with Crippen molar-refractivity contribution in [3.63, 3.8) is 0 Å². The summed E-state index contributed by atoms with van der Waals surface area (Å²) < 4.78 is 0. The second-order valence-electron chi connectivity index (χ2n) is 6.56. The number of nitrogens with zero attached hydrogens (tertiary/aromatic N) is 2. The predicted octanol–water partition coefficient (Wildman–Crippen LogP) is 1.69. The highest BCUT2D eigenvalue weighted by molar-refractivity contribution is 5.94. The van der Waals surface area contributed by atoms with Crippen molar-refractivity contribution in [3.05, 3.63) is 0 Å². The standard InChI is InChI=1S/C15H26N2O2/c1-11(2)10-13(12(3)18)17-9-7-15(14(17)19)6-5-8-16(15)4/h11,13H,5-10H2,1-4H3/t13-,15?/m0/s1. The van der Waals surface area contributed by atoms with Gasteiger partial charge >= 0.3 is 0 Å². The molecule has 1 unspecified atom stereocenters. The first kappa shape index (κ1) is 14.5. The molecule has 2 aliphatic heterocycles. The summed E-state index contributed by atoms with van der Waals surface area (Å²) in [7, 11) is 2.04. The summed E-state index contributed by atoms with van der Waals surface area (Å²) in [5.41, 5.74) is -0.301. The molecule has 0 aromatic heterocycles. The van der Waals surface area contributed by atoms with Crippen molar-refractivity contribution in [1.82, 2.24) is 9.80 Å². The Labute approximate surface area is 116 Å². The van der Waals surface area contributed by atoms with E-state index in [0.717, 1.165) is 38.8 Å². The molecule has 4 heteroatoms. The number of hydrogen-bond donors (Lipinski definition) is 0. The first-order valence-electron chi connectivity index (χ1n) is 7.41. The van der Waals surface area contributed by atoms with Crippen LogP contribution in [0.3, 0.4) is 0 Å². The van der Waals surface area contributed by atoms with Crippen LogP contribution < -0.4 is 0 Å². The highest BCUT2D eigenvalue weighted by Gasteiger charge is 2.53. The number of ketones is 1. The summed E-state index contributed by atoms with van der Waals surface area (Å²) in [6, 6.07) is -0.221. The van der Waals surface area contributed by atoms with Crippen LogP contribution >= 0.6 is 0 Å². The molecule has 0 aromatic carbocycles. The molecule has 0 aliphatic carbocycles. The van der Waals surface area contributed by atoms with Gasteiger partial charge in [-0.15, -0.1) is 0 Å². The zero-order valence-corrected chi connectivity index (χ0v) is 12.6. The third-order valence-corrected chi connectivity index (χ3v) is 4.78. The smallest absolute Gasteiger partial charge is 0.243 e. The molecule has 0 bridgehead atoms. The highest BCUT2D eigenvalue weighted by Crippen LogP contribution is 2.38. The Morgan fingerprint density at radius 3 is 2.47 bits per heavy atom. The Morgan fingerprint density at radius 1 is 1.32 bits per heavy atom. The number of likely N-dealkylation sites (N-methyl/N-ethyl adjacent to an activating group) is 1. The van der Waals surface area contributed by atoms with Crippen molar-refractivity contribution in [2.45, 2.75) is 58.0 Å². The Kier molecular flexibility index (Phi) is 4.00. The lowest BCUT2D eigenvalue weighted by molar-refractivity contribution is -0.142. The molecule has 19 heavy (non-hydrogen) atoms. The van der Waals surface area contributed by atoms with Gasteiger partial charge in [0.25, 0.3) is 0 Å². The number of likely N-dealkylation sites (tertiary alicyclic amines) is 2. The quantitative estimate of drug-likeness (QED) is 0.777. The van der Waals surface area contributed by atoms with Gasteiger partial charge in [0.2, 0.25) is 5.91 Å². The Hall–Kier alpha value is -0.900. The maximum atomic E-state index is 12.8. The monoisotopic (exact) mass is 266 g/mol. The fourth-order valence-electron chi connectivity index (χ4n) is 3.64. The number of carbonyl (C=O) groups is 2. The van der Waals surface area contributed by atoms with E-state index in [1.807, 2.05) is 11.9 Å². The molecule has 2 fully saturated rings. The van der Waals surface area contributed by atoms with Crippen LogP contribution in [0.4, 0.5) is 0 Å². The number of rotatable bonds is 4. The van der Waals surface area contributed by atoms with Gasteiger partial charge in [0, 0.05) is 6.54 Å². The second-order valence-corrected chi connectivity index (χ2v) is 6.56. The van der Waals surface area contributed by atoms with Crippen molar-refractivity contribution in [3.8, 4) is 0 Å². The van der Waals surface area contributed by atoms with Crippen LogP contribution in [0.1, 0.15) is 46.5 Å². The molecule has 108 valence electrons. The fourth-order valence-corrected chi connectivity index (χ4v) is 3.64. The van der Waals surface area contributed by atoms with E-state index in [2.05, 4.69) is 18.7 Å². The molecule has 1 amide bonds. The van der Waals surface area contributed by atoms with Gasteiger partial charge < -0.3 is 4.90 Å². The maximum Gasteiger partial charge on any atom is 0.243 e. The first-order valence-corrected chi connectivity index (χ1v) is 7.41. The van der Waals surface area contributed by atoms with Crippen molar-refractivity contribution in [1.29, 1.82) is 0 Å². The van der Waals surface area contributed by atoms with Gasteiger partial charge in [-0.3, -0.25) is 14.5 Å². The lowest BCUT2D eigenvalue weighted by Crippen LogP contribution is -2.51. The van der Waals surface area contributed by atoms with E-state index in [-0.39, 0.29) is 23.3 Å². The minimum atomic E-state index is -0.301. The lowest BCUT2D eigenvalue weighted by atomic mass is 9.94. The maximum absolute atomic E-state index is 12.8. The van der Waals surface area contributed by atoms with Crippen LogP contribution in [-0.4, -0.2) is 53.2 Å². The molecule has 2 aliphatic rings. The van der Waals surface area contributed by atoms with Crippen molar-refractivity contribution in [2.75, 3.05) is 20.1 Å². The highest BCUT2D eigenvalue weighted by atomic mass is 16.2. The Bertz CT molecular complexity index is 380. The summed E-state index contributed by atoms with van der Waals surface area (Å²) in [6.45, 7) is 7.56. The van der Waals surface area contributed by atoms with Gasteiger partial charge in [-0.25, -0.2) is 0 Å². The van der Waals surface area contributed by atoms with E-state index in [1.165, 1.54) is 0 Å². The van der Waals surface area contributed by atoms with Gasteiger partial charge in [-0.2, -0.15) is 0 Å². The third-order valence-electron chi connectivity index (χ3n) is 4.78. The van der Waals surface area contributed by atoms with Gasteiger partial charge in [0.1, 0.15) is 5.54 Å². The molecule has 2 heterocycles. The fraction of sp³-hybridized carbons (Fsp3) is 0.867. The number of Topliss-reactive ketones (excluding diaryl/α,β-unsaturated/α-hetero) is 1. The van der Waals surface area contributed by atoms with Gasteiger partial charge in [-0.1, -0.05) is 13.8 Å². The van der Waals surface area contributed by atoms with Crippen LogP contribution in [-0.2, 0) is 9.59 Å². The molecule has 0 aromatic rings. The van der Waals surface area contributed by atoms with Gasteiger partial charge in [0.15, 0.2) is 5.78 Å². The summed E-state index contributed by atoms with van der Waals surface area (Å²) >= 11 is 0. The lowest BCUT2D eigenvalue weighted by Gasteiger charge is -2.33. The zero-order valence-electron chi connectivity index (χ0n) is 12.6. The minimum Gasteiger partial charge on any atom is -0.331 e. The minimum absolute atomic E-state index is 0.125. The van der Waals surface area contributed by atoms with E-state index in [1.54, 1.807) is 6.92 Å². The van der Waals surface area contributed by atoms with Crippen LogP contribution in [0.25, 0.3) is 0 Å². The largest absolute Gasteiger partial charge is 0.331 e. The van der Waals surface area contributed by atoms with E-state index in [0.29, 0.717) is 5.92 Å². The van der Waals surface area contributed by atoms with Gasteiger partial charge in [0.05, 0.1) is 6.04 Å². The normalized spacial score (nSPS) is 29.7. The number of hydrogen-bond acceptors (Lipinski definition) is 3. The van der Waals surface area contributed by atoms with Crippen molar-refractivity contribution >= 4 is 11.7 Å². The SMILES string of the molecule is CC(=O)[C@H](CC(C)C)N1CCC2(CCCN2C)C1=O. The summed E-state index contributed by atoms with van der Waals surface area (Å²) in [6.07, 6.45) is 3.70. The van der Waals surface area contributed by atoms with Crippen molar-refractivity contribution in [2.24, 2.45) is 5.92 Å². The predicted molar refractivity (Wildman–Crippen MR) is 74.8 cm³/mol. The molecule has 0 N–H and O–H groups in total. The summed E-state index contributed by atoms with van der Waals surface area (Å²) in [4.78, 5) is 28.7. The average molecular weight is 266 g/mol. The molecule has 0 saturated carbocycles. The topological polar surface area (TPSA) is 40.6 Å². The third kappa shape index (κ3) is 2.42. The first-order chi connectivity index (χ1) is 8.88. The molecule has 4 nitrogen and oxygen atoms in total. The molecule has 2 rings (SSSR count). The van der Waals surface area contributed by atoms with E-state index in [4.69, 9.17) is 0 Å². The number of amides is 1. The molecule has 0 radical (unpaired) electrons. The van der Waals surface area contributed by atoms with E-state index >= 15 is 0 Å². The second kappa shape index (κ2) is 5.23. The molecular formula is C15H26N2O2. The number of carbonyl (C=O) groups excluding carboxylic acids is 2. The molecular weight excluding hydrogens is 240 g/mol. The van der Waals surface area contributed by atoms with Crippen LogP contribution in [0.15, 0.2) is 0 Å². The van der Waals surface area contributed by atoms with Gasteiger partial charge in [-0.05, 0) is 52.1 Å². The Balaban J connectivity index is 2.18. The van der Waals surface area contributed by atoms with Crippen molar-refractivity contribution < 1.29 is 9.59 Å². The summed E-state index contributed by atoms with van der Waals surface area (Å²) in [5.74, 6) is 0.743. The zero-order chi connectivity index (χ0) is 14.2. The van der Waals surface area contributed by atoms with E-state index < -0.39 is 0 Å². The molecule has 2 atom stereocenters. The van der Waals surface area contributed by atoms with Crippen LogP contribution in [0.2, 0.25) is 0 Å². The summed E-state index contributed by atoms with van der Waals surface area (Å²) in [5, 5.41) is 0. The average Bonchev–Trinajstić information content (AvgIpc) is 2.84.